The Labute approximate surface area is 240 Å². The summed E-state index contributed by atoms with van der Waals surface area (Å²) in [6, 6.07) is 6.50. The van der Waals surface area contributed by atoms with Gasteiger partial charge in [-0.05, 0) is 56.3 Å². The molecule has 2 bridgehead atoms. The predicted octanol–water partition coefficient (Wildman–Crippen LogP) is 2.73. The minimum absolute atomic E-state index is 0.00825. The van der Waals surface area contributed by atoms with Gasteiger partial charge in [-0.1, -0.05) is 18.2 Å². The molecule has 0 N–H and O–H groups in total. The number of halogens is 1. The van der Waals surface area contributed by atoms with Crippen LogP contribution in [-0.2, 0) is 29.2 Å². The maximum atomic E-state index is 12.5. The molecule has 5 heterocycles. The zero-order valence-electron chi connectivity index (χ0n) is 23.2. The van der Waals surface area contributed by atoms with E-state index in [1.165, 1.54) is 12.5 Å². The van der Waals surface area contributed by atoms with Crippen molar-refractivity contribution in [1.82, 2.24) is 24.7 Å². The van der Waals surface area contributed by atoms with Crippen molar-refractivity contribution < 1.29 is 19.0 Å². The van der Waals surface area contributed by atoms with Crippen molar-refractivity contribution >= 4 is 23.3 Å². The smallest absolute Gasteiger partial charge is 0.318 e. The molecular weight excluding hydrogens is 532 g/mol. The fraction of sp³-hybridized carbons (Fsp3) is 0.552. The minimum Gasteiger partial charge on any atom is -0.497 e. The summed E-state index contributed by atoms with van der Waals surface area (Å²) in [5.41, 5.74) is 3.08. The predicted molar refractivity (Wildman–Crippen MR) is 152 cm³/mol. The number of morpholine rings is 1. The van der Waals surface area contributed by atoms with Crippen LogP contribution in [0, 0.1) is 0 Å². The summed E-state index contributed by atoms with van der Waals surface area (Å²) in [7, 11) is 3.80. The molecule has 3 atom stereocenters. The van der Waals surface area contributed by atoms with Crippen molar-refractivity contribution in [2.45, 2.75) is 50.6 Å². The Hall–Kier alpha value is -2.92. The Morgan fingerprint density at radius 1 is 1.23 bits per heavy atom. The number of amides is 1. The first-order valence-corrected chi connectivity index (χ1v) is 14.4. The van der Waals surface area contributed by atoms with E-state index in [2.05, 4.69) is 28.3 Å². The van der Waals surface area contributed by atoms with Crippen molar-refractivity contribution in [2.75, 3.05) is 58.5 Å². The number of carbonyl (C=O) groups excluding carboxylic acids is 1. The van der Waals surface area contributed by atoms with E-state index in [1.807, 2.05) is 23.1 Å². The second-order valence-corrected chi connectivity index (χ2v) is 11.6. The molecule has 11 heteroatoms. The molecule has 0 aliphatic carbocycles. The van der Waals surface area contributed by atoms with Gasteiger partial charge >= 0.3 is 6.01 Å². The molecule has 2 unspecified atom stereocenters. The van der Waals surface area contributed by atoms with Crippen LogP contribution >= 0.6 is 11.6 Å². The summed E-state index contributed by atoms with van der Waals surface area (Å²) in [5.74, 6) is 1.63. The van der Waals surface area contributed by atoms with Gasteiger partial charge in [0.2, 0.25) is 5.91 Å². The third-order valence-corrected chi connectivity index (χ3v) is 8.90. The third-order valence-electron chi connectivity index (χ3n) is 8.53. The first kappa shape index (κ1) is 27.3. The second-order valence-electron chi connectivity index (χ2n) is 11.1. The lowest BCUT2D eigenvalue weighted by Crippen LogP contribution is -2.66. The highest BCUT2D eigenvalue weighted by atomic mass is 35.5. The number of likely N-dealkylation sites (N-methyl/N-ethyl adjacent to an activating group) is 1. The topological polar surface area (TPSA) is 83.5 Å². The number of ether oxygens (including phenoxy) is 3. The monoisotopic (exact) mass is 568 g/mol. The summed E-state index contributed by atoms with van der Waals surface area (Å²) < 4.78 is 17.6. The summed E-state index contributed by atoms with van der Waals surface area (Å²) in [4.78, 5) is 31.3. The highest BCUT2D eigenvalue weighted by Gasteiger charge is 2.42. The third kappa shape index (κ3) is 5.37. The van der Waals surface area contributed by atoms with E-state index in [1.54, 1.807) is 7.11 Å². The molecule has 0 saturated carbocycles. The molecular formula is C29H37ClN6O4. The van der Waals surface area contributed by atoms with Gasteiger partial charge in [0.15, 0.2) is 0 Å². The standard InChI is InChI=1S/C29H37ClN6O4/c1-4-27(37)35-12-21-16-39-17-22(13-35)36(21)28-24-14-34(11-19-10-23(38-3)7-8-25(19)30)15-26(24)31-29(32-28)40-18-20-6-5-9-33(20)2/h4,7-8,10,20-22H,1,5-6,9,11-18H2,2-3H3/t20-,21?,22?/m0/s1. The van der Waals surface area contributed by atoms with Crippen LogP contribution in [0.3, 0.4) is 0 Å². The van der Waals surface area contributed by atoms with Crippen LogP contribution in [0.1, 0.15) is 29.7 Å². The number of hydrogen-bond donors (Lipinski definition) is 0. The molecule has 0 radical (unpaired) electrons. The van der Waals surface area contributed by atoms with Gasteiger partial charge in [-0.25, -0.2) is 0 Å². The number of hydrogen-bond acceptors (Lipinski definition) is 9. The normalized spacial score (nSPS) is 24.7. The summed E-state index contributed by atoms with van der Waals surface area (Å²) in [6.07, 6.45) is 3.69. The summed E-state index contributed by atoms with van der Waals surface area (Å²) >= 11 is 6.56. The highest BCUT2D eigenvalue weighted by molar-refractivity contribution is 6.31. The van der Waals surface area contributed by atoms with Gasteiger partial charge in [0.1, 0.15) is 18.2 Å². The Kier molecular flexibility index (Phi) is 7.85. The van der Waals surface area contributed by atoms with E-state index < -0.39 is 0 Å². The molecule has 1 aromatic carbocycles. The van der Waals surface area contributed by atoms with Crippen LogP contribution in [-0.4, -0.2) is 102 Å². The number of methoxy groups -OCH3 is 1. The fourth-order valence-electron chi connectivity index (χ4n) is 6.39. The number of nitrogens with zero attached hydrogens (tertiary/aromatic N) is 6. The Morgan fingerprint density at radius 3 is 2.73 bits per heavy atom. The van der Waals surface area contributed by atoms with Crippen LogP contribution in [0.25, 0.3) is 0 Å². The number of benzene rings is 1. The van der Waals surface area contributed by atoms with Gasteiger partial charge in [0.05, 0.1) is 38.1 Å². The molecule has 4 aliphatic rings. The molecule has 214 valence electrons. The Balaban J connectivity index is 1.30. The van der Waals surface area contributed by atoms with Gasteiger partial charge < -0.3 is 28.9 Å². The quantitative estimate of drug-likeness (QED) is 0.446. The number of carbonyl (C=O) groups is 1. The van der Waals surface area contributed by atoms with E-state index in [-0.39, 0.29) is 18.0 Å². The molecule has 4 aliphatic heterocycles. The molecule has 1 aromatic heterocycles. The van der Waals surface area contributed by atoms with Crippen LogP contribution < -0.4 is 14.4 Å². The number of anilines is 1. The van der Waals surface area contributed by atoms with Crippen LogP contribution in [0.2, 0.25) is 5.02 Å². The Bertz CT molecular complexity index is 1260. The van der Waals surface area contributed by atoms with E-state index in [4.69, 9.17) is 35.8 Å². The SMILES string of the molecule is C=CC(=O)N1CC2COCC(C1)N2c1nc(OC[C@@H]2CCCN2C)nc2c1CN(Cc1cc(OC)ccc1Cl)C2. The average molecular weight is 569 g/mol. The van der Waals surface area contributed by atoms with Crippen LogP contribution in [0.15, 0.2) is 30.9 Å². The summed E-state index contributed by atoms with van der Waals surface area (Å²) in [5, 5.41) is 0.711. The first-order chi connectivity index (χ1) is 19.4. The number of likely N-dealkylation sites (tertiary alicyclic amines) is 1. The van der Waals surface area contributed by atoms with Crippen molar-refractivity contribution in [3.8, 4) is 11.8 Å². The second kappa shape index (κ2) is 11.5. The maximum absolute atomic E-state index is 12.5. The first-order valence-electron chi connectivity index (χ1n) is 14.0. The van der Waals surface area contributed by atoms with Gasteiger partial charge in [-0.15, -0.1) is 0 Å². The van der Waals surface area contributed by atoms with E-state index in [0.29, 0.717) is 69.6 Å². The molecule has 3 saturated heterocycles. The van der Waals surface area contributed by atoms with Gasteiger partial charge in [-0.2, -0.15) is 9.97 Å². The van der Waals surface area contributed by atoms with Crippen LogP contribution in [0.4, 0.5) is 5.82 Å². The zero-order valence-corrected chi connectivity index (χ0v) is 24.0. The Morgan fingerprint density at radius 2 is 2.02 bits per heavy atom. The number of fused-ring (bicyclic) bond motifs is 3. The van der Waals surface area contributed by atoms with E-state index in [0.717, 1.165) is 41.4 Å². The number of piperazine rings is 1. The van der Waals surface area contributed by atoms with E-state index >= 15 is 0 Å². The van der Waals surface area contributed by atoms with Crippen molar-refractivity contribution in [1.29, 1.82) is 0 Å². The summed E-state index contributed by atoms with van der Waals surface area (Å²) in [6.45, 7) is 9.53. The molecule has 10 nitrogen and oxygen atoms in total. The van der Waals surface area contributed by atoms with Crippen molar-refractivity contribution in [2.24, 2.45) is 0 Å². The fourth-order valence-corrected chi connectivity index (χ4v) is 6.57. The zero-order chi connectivity index (χ0) is 27.8. The largest absolute Gasteiger partial charge is 0.497 e. The lowest BCUT2D eigenvalue weighted by atomic mass is 10.0. The van der Waals surface area contributed by atoms with E-state index in [9.17, 15) is 4.79 Å². The molecule has 1 amide bonds. The van der Waals surface area contributed by atoms with Gasteiger partial charge in [0.25, 0.3) is 0 Å². The maximum Gasteiger partial charge on any atom is 0.318 e. The molecule has 0 spiro atoms. The molecule has 6 rings (SSSR count). The van der Waals surface area contributed by atoms with Crippen molar-refractivity contribution in [3.63, 3.8) is 0 Å². The minimum atomic E-state index is -0.0458. The number of aromatic nitrogens is 2. The lowest BCUT2D eigenvalue weighted by molar-refractivity contribution is -0.129. The molecule has 3 fully saturated rings. The van der Waals surface area contributed by atoms with Crippen LogP contribution in [0.5, 0.6) is 11.8 Å². The molecule has 40 heavy (non-hydrogen) atoms. The van der Waals surface area contributed by atoms with Gasteiger partial charge in [0, 0.05) is 49.4 Å². The molecule has 2 aromatic rings. The lowest BCUT2D eigenvalue weighted by Gasteiger charge is -2.50. The van der Waals surface area contributed by atoms with Crippen molar-refractivity contribution in [3.05, 3.63) is 52.7 Å². The highest BCUT2D eigenvalue weighted by Crippen LogP contribution is 2.37. The van der Waals surface area contributed by atoms with Gasteiger partial charge in [-0.3, -0.25) is 9.69 Å². The number of rotatable bonds is 8. The average Bonchev–Trinajstić information content (AvgIpc) is 3.56.